The van der Waals surface area contributed by atoms with Gasteiger partial charge in [0, 0.05) is 11.1 Å². The van der Waals surface area contributed by atoms with Crippen molar-refractivity contribution in [1.82, 2.24) is 15.0 Å². The number of fused-ring (bicyclic) bond motifs is 2. The molecule has 1 aliphatic heterocycles. The summed E-state index contributed by atoms with van der Waals surface area (Å²) in [5.74, 6) is -0.719. The van der Waals surface area contributed by atoms with Crippen LogP contribution in [0.2, 0.25) is 0 Å². The number of ether oxygens (including phenoxy) is 1. The molecule has 0 amide bonds. The molecular formula is C19H19N3O4. The second kappa shape index (κ2) is 5.11. The summed E-state index contributed by atoms with van der Waals surface area (Å²) in [5.41, 5.74) is -0.363. The highest BCUT2D eigenvalue weighted by Gasteiger charge is 2.52. The molecule has 26 heavy (non-hydrogen) atoms. The van der Waals surface area contributed by atoms with Crippen molar-refractivity contribution in [3.8, 4) is 0 Å². The van der Waals surface area contributed by atoms with Crippen LogP contribution in [-0.2, 0) is 15.1 Å². The summed E-state index contributed by atoms with van der Waals surface area (Å²) in [6, 6.07) is 6.31. The lowest BCUT2D eigenvalue weighted by Crippen LogP contribution is -2.35. The zero-order chi connectivity index (χ0) is 18.9. The molecule has 0 saturated heterocycles. The van der Waals surface area contributed by atoms with E-state index < -0.39 is 28.8 Å². The van der Waals surface area contributed by atoms with Gasteiger partial charge in [0.25, 0.3) is 0 Å². The lowest BCUT2D eigenvalue weighted by atomic mass is 9.83. The molecule has 1 unspecified atom stereocenters. The van der Waals surface area contributed by atoms with Gasteiger partial charge in [-0.1, -0.05) is 29.5 Å². The molecule has 4 rings (SSSR count). The average Bonchev–Trinajstić information content (AvgIpc) is 3.14. The number of aliphatic hydroxyl groups is 1. The Labute approximate surface area is 150 Å². The highest BCUT2D eigenvalue weighted by molar-refractivity contribution is 6.52. The number of aromatic nitrogens is 3. The first-order valence-corrected chi connectivity index (χ1v) is 8.37. The van der Waals surface area contributed by atoms with Crippen LogP contribution in [0.15, 0.2) is 36.0 Å². The number of carbonyl (C=O) groups is 2. The quantitative estimate of drug-likeness (QED) is 0.830. The maximum Gasteiger partial charge on any atom is 0.235 e. The summed E-state index contributed by atoms with van der Waals surface area (Å²) in [5, 5.41) is 18.3. The van der Waals surface area contributed by atoms with Crippen LogP contribution in [0.4, 0.5) is 0 Å². The number of Topliss-reactive ketones (excluding diaryl/α,β-unsaturated/α-hetero) is 2. The molecule has 1 N–H and O–H groups in total. The first kappa shape index (κ1) is 16.7. The number of ketones is 2. The smallest absolute Gasteiger partial charge is 0.235 e. The maximum absolute atomic E-state index is 12.8. The summed E-state index contributed by atoms with van der Waals surface area (Å²) in [7, 11) is 0. The molecule has 0 bridgehead atoms. The van der Waals surface area contributed by atoms with E-state index >= 15 is 0 Å². The van der Waals surface area contributed by atoms with E-state index in [1.807, 2.05) is 13.8 Å². The minimum Gasteiger partial charge on any atom is -0.484 e. The molecule has 2 heterocycles. The predicted molar refractivity (Wildman–Crippen MR) is 92.2 cm³/mol. The maximum atomic E-state index is 12.8. The first-order valence-electron chi connectivity index (χ1n) is 8.37. The van der Waals surface area contributed by atoms with Crippen LogP contribution in [0.5, 0.6) is 0 Å². The number of nitrogens with zero attached hydrogens (tertiary/aromatic N) is 3. The fourth-order valence-corrected chi connectivity index (χ4v) is 3.53. The van der Waals surface area contributed by atoms with Gasteiger partial charge in [0.1, 0.15) is 28.7 Å². The van der Waals surface area contributed by atoms with Crippen molar-refractivity contribution in [2.75, 3.05) is 0 Å². The van der Waals surface area contributed by atoms with E-state index in [0.717, 1.165) is 0 Å². The third-order valence-corrected chi connectivity index (χ3v) is 4.81. The molecule has 0 fully saturated rings. The molecule has 1 aromatic heterocycles. The van der Waals surface area contributed by atoms with Crippen molar-refractivity contribution in [2.24, 2.45) is 0 Å². The second-order valence-electron chi connectivity index (χ2n) is 7.70. The Hall–Kier alpha value is -2.80. The van der Waals surface area contributed by atoms with Gasteiger partial charge in [-0.3, -0.25) is 9.59 Å². The van der Waals surface area contributed by atoms with Crippen LogP contribution >= 0.6 is 0 Å². The van der Waals surface area contributed by atoms with Crippen LogP contribution in [0, 0.1) is 0 Å². The number of carbonyl (C=O) groups excluding carboxylic acids is 2. The standard InChI is InChI=1S/C19H19N3O4/c1-18(2,25)12-9-22(21-20-12)17-13-15(24)14(23)10-7-5-6-8-11(10)16(13)26-19(17,3)4/h5-9,17,25H,1-4H3. The van der Waals surface area contributed by atoms with Gasteiger partial charge in [-0.05, 0) is 27.7 Å². The lowest BCUT2D eigenvalue weighted by Gasteiger charge is -2.27. The minimum atomic E-state index is -1.17. The SMILES string of the molecule is CC(C)(O)c1cn(C2C3=C(OC2(C)C)c2ccccc2C(=O)C3=O)nn1. The zero-order valence-corrected chi connectivity index (χ0v) is 15.0. The van der Waals surface area contributed by atoms with E-state index in [-0.39, 0.29) is 5.57 Å². The van der Waals surface area contributed by atoms with E-state index in [9.17, 15) is 14.7 Å². The molecule has 7 heteroatoms. The Balaban J connectivity index is 1.91. The van der Waals surface area contributed by atoms with Gasteiger partial charge in [0.05, 0.1) is 11.8 Å². The van der Waals surface area contributed by atoms with Crippen LogP contribution in [-0.4, -0.2) is 37.3 Å². The van der Waals surface area contributed by atoms with Gasteiger partial charge in [0.2, 0.25) is 11.6 Å². The summed E-state index contributed by atoms with van der Waals surface area (Å²) < 4.78 is 7.61. The summed E-state index contributed by atoms with van der Waals surface area (Å²) in [6.45, 7) is 6.88. The van der Waals surface area contributed by atoms with Crippen LogP contribution in [0.3, 0.4) is 0 Å². The Morgan fingerprint density at radius 2 is 1.81 bits per heavy atom. The average molecular weight is 353 g/mol. The Morgan fingerprint density at radius 1 is 1.15 bits per heavy atom. The Morgan fingerprint density at radius 3 is 2.42 bits per heavy atom. The third kappa shape index (κ3) is 2.24. The predicted octanol–water partition coefficient (Wildman–Crippen LogP) is 2.03. The molecule has 0 spiro atoms. The highest BCUT2D eigenvalue weighted by atomic mass is 16.5. The number of hydrogen-bond acceptors (Lipinski definition) is 6. The van der Waals surface area contributed by atoms with Gasteiger partial charge < -0.3 is 9.84 Å². The molecule has 2 aromatic rings. The largest absolute Gasteiger partial charge is 0.484 e. The fourth-order valence-electron chi connectivity index (χ4n) is 3.53. The lowest BCUT2D eigenvalue weighted by molar-refractivity contribution is -0.112. The van der Waals surface area contributed by atoms with Crippen molar-refractivity contribution in [3.05, 3.63) is 52.9 Å². The van der Waals surface area contributed by atoms with E-state index in [4.69, 9.17) is 4.74 Å². The number of benzene rings is 1. The normalized spacial score (nSPS) is 21.5. The molecular weight excluding hydrogens is 334 g/mol. The minimum absolute atomic E-state index is 0.283. The number of rotatable bonds is 2. The van der Waals surface area contributed by atoms with Gasteiger partial charge in [0.15, 0.2) is 0 Å². The fraction of sp³-hybridized carbons (Fsp3) is 0.368. The second-order valence-corrected chi connectivity index (χ2v) is 7.70. The zero-order valence-electron chi connectivity index (χ0n) is 15.0. The van der Waals surface area contributed by atoms with Crippen molar-refractivity contribution in [3.63, 3.8) is 0 Å². The molecule has 1 aliphatic carbocycles. The molecule has 2 aliphatic rings. The summed E-state index contributed by atoms with van der Waals surface area (Å²) >= 11 is 0. The molecule has 1 atom stereocenters. The summed E-state index contributed by atoms with van der Waals surface area (Å²) in [6.07, 6.45) is 1.59. The molecule has 1 aromatic carbocycles. The Bertz CT molecular complexity index is 979. The van der Waals surface area contributed by atoms with E-state index in [0.29, 0.717) is 22.6 Å². The van der Waals surface area contributed by atoms with Gasteiger partial charge in [-0.15, -0.1) is 5.10 Å². The summed E-state index contributed by atoms with van der Waals surface area (Å²) in [4.78, 5) is 25.4. The Kier molecular flexibility index (Phi) is 3.27. The molecule has 0 saturated carbocycles. The van der Waals surface area contributed by atoms with Crippen molar-refractivity contribution in [1.29, 1.82) is 0 Å². The molecule has 7 nitrogen and oxygen atoms in total. The van der Waals surface area contributed by atoms with Gasteiger partial charge >= 0.3 is 0 Å². The van der Waals surface area contributed by atoms with Crippen molar-refractivity contribution >= 4 is 17.3 Å². The van der Waals surface area contributed by atoms with E-state index in [2.05, 4.69) is 10.3 Å². The van der Waals surface area contributed by atoms with E-state index in [1.165, 1.54) is 4.68 Å². The van der Waals surface area contributed by atoms with E-state index in [1.54, 1.807) is 44.3 Å². The molecule has 134 valence electrons. The van der Waals surface area contributed by atoms with Crippen LogP contribution < -0.4 is 0 Å². The first-order chi connectivity index (χ1) is 12.1. The highest BCUT2D eigenvalue weighted by Crippen LogP contribution is 2.49. The van der Waals surface area contributed by atoms with Crippen molar-refractivity contribution in [2.45, 2.75) is 44.9 Å². The topological polar surface area (TPSA) is 94.3 Å². The van der Waals surface area contributed by atoms with Crippen LogP contribution in [0.1, 0.15) is 55.4 Å². The number of hydrogen-bond donors (Lipinski definition) is 1. The monoisotopic (exact) mass is 353 g/mol. The third-order valence-electron chi connectivity index (χ3n) is 4.81. The van der Waals surface area contributed by atoms with Gasteiger partial charge in [-0.25, -0.2) is 4.68 Å². The van der Waals surface area contributed by atoms with Gasteiger partial charge in [-0.2, -0.15) is 0 Å². The van der Waals surface area contributed by atoms with Crippen LogP contribution in [0.25, 0.3) is 5.76 Å². The molecule has 0 radical (unpaired) electrons. The van der Waals surface area contributed by atoms with Crippen molar-refractivity contribution < 1.29 is 19.4 Å².